The van der Waals surface area contributed by atoms with Crippen LogP contribution in [0.5, 0.6) is 11.5 Å². The Morgan fingerprint density at radius 1 is 1.06 bits per heavy atom. The maximum atomic E-state index is 13.8. The van der Waals surface area contributed by atoms with Crippen LogP contribution in [0.4, 0.5) is 18.9 Å². The van der Waals surface area contributed by atoms with Crippen molar-refractivity contribution in [2.45, 2.75) is 6.18 Å². The van der Waals surface area contributed by atoms with E-state index >= 15 is 0 Å². The van der Waals surface area contributed by atoms with Gasteiger partial charge in [-0.2, -0.15) is 18.3 Å². The number of amides is 1. The van der Waals surface area contributed by atoms with Gasteiger partial charge < -0.3 is 14.8 Å². The average molecular weight is 521 g/mol. The summed E-state index contributed by atoms with van der Waals surface area (Å²) in [5.74, 6) is 0.0939. The molecular weight excluding hydrogens is 505 g/mol. The highest BCUT2D eigenvalue weighted by Gasteiger charge is 2.36. The molecule has 0 aliphatic heterocycles. The van der Waals surface area contributed by atoms with E-state index in [0.717, 1.165) is 16.7 Å². The number of rotatable bonds is 5. The molecule has 0 unspecified atom stereocenters. The number of benzene rings is 2. The van der Waals surface area contributed by atoms with Crippen molar-refractivity contribution in [1.29, 1.82) is 0 Å². The van der Waals surface area contributed by atoms with Crippen LogP contribution in [0.25, 0.3) is 16.9 Å². The summed E-state index contributed by atoms with van der Waals surface area (Å²) in [4.78, 5) is 17.2. The SMILES string of the molecule is COc1ccc(-c2cc(C(F)(F)F)n3ncc(C(=O)Nc4cccc(Br)c4)c3n2)cc1OC. The number of aromatic nitrogens is 3. The third-order valence-corrected chi connectivity index (χ3v) is 5.26. The molecule has 0 fully saturated rings. The summed E-state index contributed by atoms with van der Waals surface area (Å²) < 4.78 is 53.3. The number of alkyl halides is 3. The summed E-state index contributed by atoms with van der Waals surface area (Å²) in [6.07, 6.45) is -3.68. The summed E-state index contributed by atoms with van der Waals surface area (Å²) >= 11 is 3.31. The van der Waals surface area contributed by atoms with Gasteiger partial charge in [-0.3, -0.25) is 4.79 Å². The first-order valence-electron chi connectivity index (χ1n) is 9.46. The molecule has 0 radical (unpaired) electrons. The lowest BCUT2D eigenvalue weighted by molar-refractivity contribution is -0.142. The van der Waals surface area contributed by atoms with Crippen molar-refractivity contribution in [2.24, 2.45) is 0 Å². The highest BCUT2D eigenvalue weighted by Crippen LogP contribution is 2.36. The predicted molar refractivity (Wildman–Crippen MR) is 119 cm³/mol. The minimum atomic E-state index is -4.74. The molecule has 0 saturated heterocycles. The molecule has 4 aromatic rings. The molecule has 1 N–H and O–H groups in total. The zero-order chi connectivity index (χ0) is 23.8. The molecule has 0 saturated carbocycles. The zero-order valence-corrected chi connectivity index (χ0v) is 18.9. The molecule has 2 aromatic carbocycles. The van der Waals surface area contributed by atoms with Gasteiger partial charge in [0.25, 0.3) is 5.91 Å². The Kier molecular flexibility index (Phi) is 5.98. The number of hydrogen-bond acceptors (Lipinski definition) is 5. The number of methoxy groups -OCH3 is 2. The lowest BCUT2D eigenvalue weighted by atomic mass is 10.1. The molecule has 0 bridgehead atoms. The van der Waals surface area contributed by atoms with Crippen LogP contribution in [0.3, 0.4) is 0 Å². The Hall–Kier alpha value is -3.60. The lowest BCUT2D eigenvalue weighted by Crippen LogP contribution is -2.15. The highest BCUT2D eigenvalue weighted by molar-refractivity contribution is 9.10. The van der Waals surface area contributed by atoms with Crippen molar-refractivity contribution in [1.82, 2.24) is 14.6 Å². The topological polar surface area (TPSA) is 77.8 Å². The standard InChI is InChI=1S/C22H16BrF3N4O3/c1-32-17-7-6-12(8-18(17)33-2)16-10-19(22(24,25)26)30-20(29-16)15(11-27-30)21(31)28-14-5-3-4-13(23)9-14/h3-11H,1-2H3,(H,28,31). The smallest absolute Gasteiger partial charge is 0.433 e. The second kappa shape index (κ2) is 8.74. The maximum absolute atomic E-state index is 13.8. The molecular formula is C22H16BrF3N4O3. The number of nitrogens with one attached hydrogen (secondary N) is 1. The van der Waals surface area contributed by atoms with Crippen molar-refractivity contribution in [3.63, 3.8) is 0 Å². The van der Waals surface area contributed by atoms with Crippen molar-refractivity contribution < 1.29 is 27.4 Å². The molecule has 7 nitrogen and oxygen atoms in total. The molecule has 33 heavy (non-hydrogen) atoms. The molecule has 4 rings (SSSR count). The van der Waals surface area contributed by atoms with E-state index in [0.29, 0.717) is 27.3 Å². The molecule has 170 valence electrons. The third-order valence-electron chi connectivity index (χ3n) is 4.77. The Morgan fingerprint density at radius 2 is 1.82 bits per heavy atom. The van der Waals surface area contributed by atoms with Gasteiger partial charge in [-0.05, 0) is 42.5 Å². The van der Waals surface area contributed by atoms with Gasteiger partial charge in [0.15, 0.2) is 22.8 Å². The average Bonchev–Trinajstić information content (AvgIpc) is 3.21. The zero-order valence-electron chi connectivity index (χ0n) is 17.3. The number of ether oxygens (including phenoxy) is 2. The fraction of sp³-hybridized carbons (Fsp3) is 0.136. The third kappa shape index (κ3) is 4.49. The monoisotopic (exact) mass is 520 g/mol. The largest absolute Gasteiger partial charge is 0.493 e. The first-order valence-corrected chi connectivity index (χ1v) is 10.3. The summed E-state index contributed by atoms with van der Waals surface area (Å²) in [6.45, 7) is 0. The lowest BCUT2D eigenvalue weighted by Gasteiger charge is -2.13. The van der Waals surface area contributed by atoms with Crippen molar-refractivity contribution in [3.05, 3.63) is 70.5 Å². The fourth-order valence-electron chi connectivity index (χ4n) is 3.23. The van der Waals surface area contributed by atoms with Crippen LogP contribution in [-0.2, 0) is 6.18 Å². The normalized spacial score (nSPS) is 11.5. The van der Waals surface area contributed by atoms with Gasteiger partial charge in [0.1, 0.15) is 5.56 Å². The Labute approximate surface area is 194 Å². The van der Waals surface area contributed by atoms with Gasteiger partial charge in [-0.1, -0.05) is 22.0 Å². The van der Waals surface area contributed by atoms with Crippen LogP contribution >= 0.6 is 15.9 Å². The van der Waals surface area contributed by atoms with E-state index in [1.807, 2.05) is 0 Å². The summed E-state index contributed by atoms with van der Waals surface area (Å²) in [6, 6.07) is 12.3. The summed E-state index contributed by atoms with van der Waals surface area (Å²) in [5.41, 5.74) is -0.613. The minimum absolute atomic E-state index is 0.00668. The molecule has 0 spiro atoms. The second-order valence-electron chi connectivity index (χ2n) is 6.85. The number of fused-ring (bicyclic) bond motifs is 1. The van der Waals surface area contributed by atoms with Crippen LogP contribution in [-0.4, -0.2) is 34.7 Å². The number of halogens is 4. The predicted octanol–water partition coefficient (Wildman–Crippen LogP) is 5.45. The minimum Gasteiger partial charge on any atom is -0.493 e. The van der Waals surface area contributed by atoms with Gasteiger partial charge in [0, 0.05) is 15.7 Å². The van der Waals surface area contributed by atoms with Crippen LogP contribution in [0.2, 0.25) is 0 Å². The number of carbonyl (C=O) groups is 1. The quantitative estimate of drug-likeness (QED) is 0.378. The second-order valence-corrected chi connectivity index (χ2v) is 7.77. The Morgan fingerprint density at radius 3 is 2.48 bits per heavy atom. The van der Waals surface area contributed by atoms with Crippen LogP contribution in [0, 0.1) is 0 Å². The summed E-state index contributed by atoms with van der Waals surface area (Å²) in [5, 5.41) is 6.43. The summed E-state index contributed by atoms with van der Waals surface area (Å²) in [7, 11) is 2.87. The highest BCUT2D eigenvalue weighted by atomic mass is 79.9. The van der Waals surface area contributed by atoms with E-state index in [1.165, 1.54) is 20.3 Å². The van der Waals surface area contributed by atoms with E-state index < -0.39 is 17.8 Å². The van der Waals surface area contributed by atoms with E-state index in [1.54, 1.807) is 36.4 Å². The number of anilines is 1. The molecule has 11 heteroatoms. The van der Waals surface area contributed by atoms with Gasteiger partial charge in [0.05, 0.1) is 26.1 Å². The van der Waals surface area contributed by atoms with Gasteiger partial charge >= 0.3 is 6.18 Å². The number of nitrogens with zero attached hydrogens (tertiary/aromatic N) is 3. The number of carbonyl (C=O) groups excluding carboxylic acids is 1. The van der Waals surface area contributed by atoms with Crippen molar-refractivity contribution in [3.8, 4) is 22.8 Å². The van der Waals surface area contributed by atoms with Gasteiger partial charge in [-0.25, -0.2) is 9.50 Å². The van der Waals surface area contributed by atoms with E-state index in [9.17, 15) is 18.0 Å². The first-order chi connectivity index (χ1) is 15.7. The molecule has 0 aliphatic rings. The molecule has 0 atom stereocenters. The number of hydrogen-bond donors (Lipinski definition) is 1. The van der Waals surface area contributed by atoms with Crippen molar-refractivity contribution >= 4 is 33.2 Å². The van der Waals surface area contributed by atoms with E-state index in [-0.39, 0.29) is 16.9 Å². The van der Waals surface area contributed by atoms with E-state index in [2.05, 4.69) is 31.3 Å². The maximum Gasteiger partial charge on any atom is 0.433 e. The van der Waals surface area contributed by atoms with Gasteiger partial charge in [-0.15, -0.1) is 0 Å². The van der Waals surface area contributed by atoms with Crippen LogP contribution in [0.1, 0.15) is 16.1 Å². The van der Waals surface area contributed by atoms with Crippen LogP contribution < -0.4 is 14.8 Å². The Bertz CT molecular complexity index is 1350. The van der Waals surface area contributed by atoms with Crippen LogP contribution in [0.15, 0.2) is 59.2 Å². The van der Waals surface area contributed by atoms with Gasteiger partial charge in [0.2, 0.25) is 0 Å². The first kappa shape index (κ1) is 22.6. The van der Waals surface area contributed by atoms with Crippen molar-refractivity contribution in [2.75, 3.05) is 19.5 Å². The molecule has 1 amide bonds. The molecule has 0 aliphatic carbocycles. The van der Waals surface area contributed by atoms with E-state index in [4.69, 9.17) is 9.47 Å². The fourth-order valence-corrected chi connectivity index (χ4v) is 3.63. The molecule has 2 aromatic heterocycles. The Balaban J connectivity index is 1.85. The molecule has 2 heterocycles.